The first-order chi connectivity index (χ1) is 20.0. The Balaban J connectivity index is 2.29. The first-order valence-corrected chi connectivity index (χ1v) is 13.8. The molecule has 11 nitrogen and oxygen atoms in total. The second-order valence-corrected chi connectivity index (χ2v) is 11.0. The van der Waals surface area contributed by atoms with Crippen LogP contribution in [0, 0.1) is 0 Å². The molecule has 226 valence electrons. The van der Waals surface area contributed by atoms with Gasteiger partial charge in [-0.05, 0) is 62.0 Å². The average Bonchev–Trinajstić information content (AvgIpc) is 3.51. The molecule has 0 aliphatic rings. The predicted octanol–water partition coefficient (Wildman–Crippen LogP) is 4.21. The van der Waals surface area contributed by atoms with E-state index in [1.807, 2.05) is 20.8 Å². The molecule has 1 atom stereocenters. The molecule has 0 bridgehead atoms. The topological polar surface area (TPSA) is 125 Å². The number of nitrogens with one attached hydrogen (secondary N) is 2. The van der Waals surface area contributed by atoms with Gasteiger partial charge in [-0.3, -0.25) is 19.3 Å². The molecule has 0 saturated heterocycles. The van der Waals surface area contributed by atoms with Crippen molar-refractivity contribution in [1.29, 1.82) is 0 Å². The molecule has 3 rings (SSSR count). The lowest BCUT2D eigenvalue weighted by molar-refractivity contribution is -0.127. The van der Waals surface area contributed by atoms with Gasteiger partial charge in [-0.25, -0.2) is 0 Å². The molecule has 2 aromatic carbocycles. The summed E-state index contributed by atoms with van der Waals surface area (Å²) in [4.78, 5) is 42.8. The van der Waals surface area contributed by atoms with E-state index in [-0.39, 0.29) is 28.7 Å². The number of rotatable bonds is 12. The smallest absolute Gasteiger partial charge is 0.261 e. The Kier molecular flexibility index (Phi) is 10.6. The summed E-state index contributed by atoms with van der Waals surface area (Å²) in [5.74, 6) is -0.116. The molecule has 2 N–H and O–H groups in total. The zero-order chi connectivity index (χ0) is 31.0. The van der Waals surface area contributed by atoms with Crippen molar-refractivity contribution in [3.8, 4) is 28.7 Å². The monoisotopic (exact) mass is 599 g/mol. The van der Waals surface area contributed by atoms with Gasteiger partial charge in [0.25, 0.3) is 5.91 Å². The van der Waals surface area contributed by atoms with Crippen LogP contribution in [0.25, 0.3) is 0 Å². The van der Waals surface area contributed by atoms with Crippen molar-refractivity contribution in [2.24, 2.45) is 0 Å². The first-order valence-electron chi connectivity index (χ1n) is 13.0. The van der Waals surface area contributed by atoms with Crippen molar-refractivity contribution in [3.63, 3.8) is 0 Å². The largest absolute Gasteiger partial charge is 0.494 e. The van der Waals surface area contributed by atoms with Crippen LogP contribution >= 0.6 is 11.3 Å². The molecule has 0 aliphatic heterocycles. The number of carbonyl (C=O) groups excluding carboxylic acids is 3. The van der Waals surface area contributed by atoms with Crippen molar-refractivity contribution in [2.45, 2.75) is 32.4 Å². The Bertz CT molecular complexity index is 1350. The number of methoxy groups -OCH3 is 5. The highest BCUT2D eigenvalue weighted by Gasteiger charge is 2.38. The van der Waals surface area contributed by atoms with Crippen molar-refractivity contribution in [3.05, 3.63) is 58.3 Å². The Morgan fingerprint density at radius 3 is 1.86 bits per heavy atom. The van der Waals surface area contributed by atoms with Gasteiger partial charge in [0.2, 0.25) is 17.6 Å². The number of ether oxygens (including phenoxy) is 5. The van der Waals surface area contributed by atoms with Crippen LogP contribution in [-0.4, -0.2) is 65.4 Å². The van der Waals surface area contributed by atoms with Gasteiger partial charge < -0.3 is 34.3 Å². The summed E-state index contributed by atoms with van der Waals surface area (Å²) in [6.07, 6.45) is 0. The van der Waals surface area contributed by atoms with E-state index < -0.39 is 35.8 Å². The number of hydrogen-bond donors (Lipinski definition) is 2. The van der Waals surface area contributed by atoms with Crippen LogP contribution in [0.3, 0.4) is 0 Å². The van der Waals surface area contributed by atoms with E-state index in [1.54, 1.807) is 47.8 Å². The maximum atomic E-state index is 14.2. The molecule has 0 unspecified atom stereocenters. The molecular formula is C30H37N3O8S. The summed E-state index contributed by atoms with van der Waals surface area (Å²) in [5, 5.41) is 7.40. The summed E-state index contributed by atoms with van der Waals surface area (Å²) < 4.78 is 27.9. The minimum Gasteiger partial charge on any atom is -0.494 e. The molecule has 0 aliphatic carbocycles. The highest BCUT2D eigenvalue weighted by Crippen LogP contribution is 2.45. The van der Waals surface area contributed by atoms with E-state index in [4.69, 9.17) is 23.7 Å². The standard InChI is InChI=1S/C30H37N3O8S/c1-30(2,3)32-29(36)25(18-15-21(39-6)27(41-8)22(16-18)40-7)33(26-19(37-4)11-9-12-20(26)38-5)24(34)17-31-28(35)23-13-10-14-42-23/h9-16,25H,17H2,1-8H3,(H,31,35)(H,32,36)/t25-/m0/s1. The molecule has 42 heavy (non-hydrogen) atoms. The Labute approximate surface area is 249 Å². The number of anilines is 1. The lowest BCUT2D eigenvalue weighted by Crippen LogP contribution is -2.51. The van der Waals surface area contributed by atoms with Crippen LogP contribution in [0.15, 0.2) is 47.8 Å². The van der Waals surface area contributed by atoms with E-state index in [0.717, 1.165) is 0 Å². The minimum absolute atomic E-state index is 0.195. The molecule has 1 heterocycles. The van der Waals surface area contributed by atoms with Crippen LogP contribution in [0.2, 0.25) is 0 Å². The molecule has 0 radical (unpaired) electrons. The normalized spacial score (nSPS) is 11.6. The Morgan fingerprint density at radius 2 is 1.40 bits per heavy atom. The predicted molar refractivity (Wildman–Crippen MR) is 160 cm³/mol. The first kappa shape index (κ1) is 32.1. The van der Waals surface area contributed by atoms with E-state index in [0.29, 0.717) is 16.2 Å². The third-order valence-corrected chi connectivity index (χ3v) is 6.93. The fourth-order valence-corrected chi connectivity index (χ4v) is 4.96. The number of amides is 3. The average molecular weight is 600 g/mol. The SMILES string of the molecule is COc1cc([C@@H](C(=O)NC(C)(C)C)N(C(=O)CNC(=O)c2cccs2)c2c(OC)cccc2OC)cc(OC)c1OC. The molecule has 1 aromatic heterocycles. The van der Waals surface area contributed by atoms with Gasteiger partial charge in [0, 0.05) is 5.54 Å². The lowest BCUT2D eigenvalue weighted by atomic mass is 9.99. The molecule has 0 spiro atoms. The van der Waals surface area contributed by atoms with Crippen LogP contribution in [0.4, 0.5) is 5.69 Å². The summed E-state index contributed by atoms with van der Waals surface area (Å²) in [5.41, 5.74) is -0.124. The van der Waals surface area contributed by atoms with Gasteiger partial charge in [0.05, 0.1) is 47.0 Å². The Morgan fingerprint density at radius 1 is 0.833 bits per heavy atom. The van der Waals surface area contributed by atoms with Crippen LogP contribution in [0.1, 0.15) is 42.0 Å². The molecule has 3 amide bonds. The Hall–Kier alpha value is -4.45. The van der Waals surface area contributed by atoms with Gasteiger partial charge in [-0.1, -0.05) is 12.1 Å². The van der Waals surface area contributed by atoms with Crippen molar-refractivity contribution >= 4 is 34.7 Å². The number of hydrogen-bond acceptors (Lipinski definition) is 9. The molecule has 0 fully saturated rings. The summed E-state index contributed by atoms with van der Waals surface area (Å²) >= 11 is 1.24. The summed E-state index contributed by atoms with van der Waals surface area (Å²) in [6, 6.07) is 10.3. The van der Waals surface area contributed by atoms with Crippen molar-refractivity contribution in [2.75, 3.05) is 47.0 Å². The van der Waals surface area contributed by atoms with E-state index in [9.17, 15) is 14.4 Å². The summed E-state index contributed by atoms with van der Waals surface area (Å²) in [6.45, 7) is 5.05. The van der Waals surface area contributed by atoms with Gasteiger partial charge in [0.1, 0.15) is 23.2 Å². The highest BCUT2D eigenvalue weighted by atomic mass is 32.1. The van der Waals surface area contributed by atoms with Gasteiger partial charge in [-0.2, -0.15) is 0 Å². The lowest BCUT2D eigenvalue weighted by Gasteiger charge is -2.35. The number of nitrogens with zero attached hydrogens (tertiary/aromatic N) is 1. The number of benzene rings is 2. The summed E-state index contributed by atoms with van der Waals surface area (Å²) in [7, 11) is 7.27. The highest BCUT2D eigenvalue weighted by molar-refractivity contribution is 7.12. The van der Waals surface area contributed by atoms with E-state index in [1.165, 1.54) is 51.8 Å². The van der Waals surface area contributed by atoms with E-state index >= 15 is 0 Å². The number of para-hydroxylation sites is 1. The zero-order valence-electron chi connectivity index (χ0n) is 25.0. The fraction of sp³-hybridized carbons (Fsp3) is 0.367. The maximum Gasteiger partial charge on any atom is 0.261 e. The second kappa shape index (κ2) is 13.9. The number of thiophene rings is 1. The third kappa shape index (κ3) is 7.24. The van der Waals surface area contributed by atoms with Crippen LogP contribution in [-0.2, 0) is 9.59 Å². The van der Waals surface area contributed by atoms with Crippen LogP contribution < -0.4 is 39.2 Å². The van der Waals surface area contributed by atoms with E-state index in [2.05, 4.69) is 10.6 Å². The molecule has 12 heteroatoms. The second-order valence-electron chi connectivity index (χ2n) is 10.0. The molecule has 3 aromatic rings. The van der Waals surface area contributed by atoms with Gasteiger partial charge in [-0.15, -0.1) is 11.3 Å². The maximum absolute atomic E-state index is 14.2. The fourth-order valence-electron chi connectivity index (χ4n) is 4.32. The van der Waals surface area contributed by atoms with Crippen molar-refractivity contribution in [1.82, 2.24) is 10.6 Å². The van der Waals surface area contributed by atoms with Gasteiger partial charge in [0.15, 0.2) is 11.5 Å². The zero-order valence-corrected chi connectivity index (χ0v) is 25.8. The van der Waals surface area contributed by atoms with Crippen molar-refractivity contribution < 1.29 is 38.1 Å². The quantitative estimate of drug-likeness (QED) is 0.317. The molecular weight excluding hydrogens is 562 g/mol. The number of carbonyl (C=O) groups is 3. The molecule has 0 saturated carbocycles. The minimum atomic E-state index is -1.30. The van der Waals surface area contributed by atoms with Gasteiger partial charge >= 0.3 is 0 Å². The van der Waals surface area contributed by atoms with Crippen LogP contribution in [0.5, 0.6) is 28.7 Å². The third-order valence-electron chi connectivity index (χ3n) is 6.06.